The molecule has 0 N–H and O–H groups in total. The lowest BCUT2D eigenvalue weighted by molar-refractivity contribution is -0.0562. The fourth-order valence-corrected chi connectivity index (χ4v) is 1.20. The van der Waals surface area contributed by atoms with Crippen molar-refractivity contribution in [3.63, 3.8) is 0 Å². The Balaban J connectivity index is 2.84. The molecule has 1 aromatic rings. The average Bonchev–Trinajstić information content (AvgIpc) is 2.17. The van der Waals surface area contributed by atoms with Gasteiger partial charge in [0.05, 0.1) is 6.04 Å². The van der Waals surface area contributed by atoms with E-state index in [1.807, 2.05) is 0 Å². The van der Waals surface area contributed by atoms with Gasteiger partial charge in [0.15, 0.2) is 0 Å². The van der Waals surface area contributed by atoms with Crippen molar-refractivity contribution in [2.24, 2.45) is 4.99 Å². The molecule has 0 amide bonds. The molecule has 0 radical (unpaired) electrons. The van der Waals surface area contributed by atoms with Crippen molar-refractivity contribution < 1.29 is 13.2 Å². The summed E-state index contributed by atoms with van der Waals surface area (Å²) in [6, 6.07) is 8.07. The molecule has 0 aliphatic rings. The highest BCUT2D eigenvalue weighted by atomic mass is 35.5. The second-order valence-corrected chi connectivity index (χ2v) is 3.36. The first kappa shape index (κ1) is 12.0. The summed E-state index contributed by atoms with van der Waals surface area (Å²) in [6.07, 6.45) is -4.56. The summed E-state index contributed by atoms with van der Waals surface area (Å²) in [6.45, 7) is 1.56. The van der Waals surface area contributed by atoms with E-state index in [0.29, 0.717) is 5.56 Å². The third-order valence-corrected chi connectivity index (χ3v) is 2.13. The Morgan fingerprint density at radius 3 is 2.27 bits per heavy atom. The van der Waals surface area contributed by atoms with E-state index in [2.05, 4.69) is 4.99 Å². The van der Waals surface area contributed by atoms with E-state index in [9.17, 15) is 13.2 Å². The highest BCUT2D eigenvalue weighted by Crippen LogP contribution is 2.24. The van der Waals surface area contributed by atoms with Crippen LogP contribution in [0.15, 0.2) is 35.3 Å². The fourth-order valence-electron chi connectivity index (χ4n) is 1.05. The zero-order valence-corrected chi connectivity index (χ0v) is 8.68. The molecule has 0 fully saturated rings. The minimum Gasteiger partial charge on any atom is -0.261 e. The lowest BCUT2D eigenvalue weighted by atomic mass is 10.1. The quantitative estimate of drug-likeness (QED) is 0.689. The van der Waals surface area contributed by atoms with E-state index in [1.165, 1.54) is 0 Å². The van der Waals surface area contributed by atoms with Crippen molar-refractivity contribution in [3.8, 4) is 0 Å². The first-order valence-corrected chi connectivity index (χ1v) is 4.64. The molecule has 0 aromatic heterocycles. The molecule has 0 spiro atoms. The van der Waals surface area contributed by atoms with E-state index >= 15 is 0 Å². The van der Waals surface area contributed by atoms with Gasteiger partial charge in [-0.1, -0.05) is 41.9 Å². The van der Waals surface area contributed by atoms with Gasteiger partial charge in [-0.2, -0.15) is 13.2 Å². The van der Waals surface area contributed by atoms with Gasteiger partial charge in [0.1, 0.15) is 0 Å². The third kappa shape index (κ3) is 3.55. The lowest BCUT2D eigenvalue weighted by Crippen LogP contribution is -2.17. The van der Waals surface area contributed by atoms with Gasteiger partial charge in [-0.3, -0.25) is 4.99 Å². The number of alkyl halides is 3. The van der Waals surface area contributed by atoms with Crippen molar-refractivity contribution in [2.75, 3.05) is 0 Å². The van der Waals surface area contributed by atoms with Gasteiger partial charge in [-0.25, -0.2) is 0 Å². The van der Waals surface area contributed by atoms with Crippen LogP contribution in [0.5, 0.6) is 0 Å². The third-order valence-electron chi connectivity index (χ3n) is 1.82. The molecule has 15 heavy (non-hydrogen) atoms. The van der Waals surface area contributed by atoms with E-state index < -0.39 is 17.4 Å². The van der Waals surface area contributed by atoms with Gasteiger partial charge in [0.2, 0.25) is 5.17 Å². The Morgan fingerprint density at radius 1 is 1.27 bits per heavy atom. The van der Waals surface area contributed by atoms with E-state index in [4.69, 9.17) is 11.6 Å². The molecule has 0 saturated carbocycles. The average molecular weight is 236 g/mol. The van der Waals surface area contributed by atoms with Crippen LogP contribution in [0.2, 0.25) is 0 Å². The smallest absolute Gasteiger partial charge is 0.261 e. The van der Waals surface area contributed by atoms with Crippen LogP contribution in [0.1, 0.15) is 18.5 Å². The van der Waals surface area contributed by atoms with Crippen molar-refractivity contribution in [1.29, 1.82) is 0 Å². The summed E-state index contributed by atoms with van der Waals surface area (Å²) in [5.74, 6) is 0. The minimum atomic E-state index is -4.56. The van der Waals surface area contributed by atoms with Crippen LogP contribution >= 0.6 is 11.6 Å². The van der Waals surface area contributed by atoms with Gasteiger partial charge >= 0.3 is 6.18 Å². The maximum Gasteiger partial charge on any atom is 0.444 e. The summed E-state index contributed by atoms with van der Waals surface area (Å²) in [5, 5.41) is -1.32. The topological polar surface area (TPSA) is 12.4 Å². The lowest BCUT2D eigenvalue weighted by Gasteiger charge is -2.09. The maximum absolute atomic E-state index is 12.1. The van der Waals surface area contributed by atoms with Crippen LogP contribution < -0.4 is 0 Å². The molecule has 1 aromatic carbocycles. The van der Waals surface area contributed by atoms with Crippen molar-refractivity contribution in [3.05, 3.63) is 35.9 Å². The SMILES string of the molecule is C[C@H](N=C(Cl)C(F)(F)F)c1ccccc1. The predicted octanol–water partition coefficient (Wildman–Crippen LogP) is 3.95. The number of halogens is 4. The largest absolute Gasteiger partial charge is 0.444 e. The van der Waals surface area contributed by atoms with Crippen LogP contribution in [-0.2, 0) is 0 Å². The van der Waals surface area contributed by atoms with Crippen LogP contribution in [0.25, 0.3) is 0 Å². The molecule has 1 atom stereocenters. The number of nitrogens with zero attached hydrogens (tertiary/aromatic N) is 1. The Kier molecular flexibility index (Phi) is 3.74. The molecule has 1 nitrogen and oxygen atoms in total. The standard InChI is InChI=1S/C10H9ClF3N/c1-7(8-5-3-2-4-6-8)15-9(11)10(12,13)14/h2-7H,1H3/t7-/m0/s1. The molecule has 0 unspecified atom stereocenters. The molecule has 5 heteroatoms. The molecule has 0 bridgehead atoms. The summed E-state index contributed by atoms with van der Waals surface area (Å²) in [5.41, 5.74) is 0.694. The molecule has 0 aliphatic heterocycles. The Labute approximate surface area is 90.6 Å². The molecular formula is C10H9ClF3N. The first-order valence-electron chi connectivity index (χ1n) is 4.26. The maximum atomic E-state index is 12.1. The van der Waals surface area contributed by atoms with E-state index in [0.717, 1.165) is 0 Å². The molecule has 0 heterocycles. The number of hydrogen-bond donors (Lipinski definition) is 0. The van der Waals surface area contributed by atoms with Gasteiger partial charge in [-0.15, -0.1) is 0 Å². The van der Waals surface area contributed by atoms with Gasteiger partial charge in [0, 0.05) is 0 Å². The van der Waals surface area contributed by atoms with Gasteiger partial charge in [0.25, 0.3) is 0 Å². The number of benzene rings is 1. The zero-order valence-electron chi connectivity index (χ0n) is 7.92. The minimum absolute atomic E-state index is 0.597. The van der Waals surface area contributed by atoms with Crippen LogP contribution in [0.3, 0.4) is 0 Å². The second-order valence-electron chi connectivity index (χ2n) is 3.00. The fraction of sp³-hybridized carbons (Fsp3) is 0.300. The van der Waals surface area contributed by atoms with Crippen LogP contribution in [-0.4, -0.2) is 11.3 Å². The predicted molar refractivity (Wildman–Crippen MR) is 54.2 cm³/mol. The highest BCUT2D eigenvalue weighted by molar-refractivity contribution is 6.66. The van der Waals surface area contributed by atoms with Crippen molar-refractivity contribution in [2.45, 2.75) is 19.1 Å². The number of rotatable bonds is 2. The van der Waals surface area contributed by atoms with E-state index in [-0.39, 0.29) is 0 Å². The summed E-state index contributed by atoms with van der Waals surface area (Å²) < 4.78 is 36.2. The van der Waals surface area contributed by atoms with Gasteiger partial charge < -0.3 is 0 Å². The van der Waals surface area contributed by atoms with Crippen LogP contribution in [0, 0.1) is 0 Å². The molecule has 1 rings (SSSR count). The van der Waals surface area contributed by atoms with Crippen LogP contribution in [0.4, 0.5) is 13.2 Å². The second kappa shape index (κ2) is 4.66. The van der Waals surface area contributed by atoms with Crippen molar-refractivity contribution in [1.82, 2.24) is 0 Å². The van der Waals surface area contributed by atoms with E-state index in [1.54, 1.807) is 37.3 Å². The number of aliphatic imine (C=N–C) groups is 1. The normalized spacial score (nSPS) is 15.1. The Morgan fingerprint density at radius 2 is 1.80 bits per heavy atom. The molecule has 0 aliphatic carbocycles. The molecule has 0 saturated heterocycles. The Hall–Kier alpha value is -1.03. The number of hydrogen-bond acceptors (Lipinski definition) is 1. The molecule has 82 valence electrons. The zero-order chi connectivity index (χ0) is 11.5. The monoisotopic (exact) mass is 235 g/mol. The van der Waals surface area contributed by atoms with Gasteiger partial charge in [-0.05, 0) is 12.5 Å². The summed E-state index contributed by atoms with van der Waals surface area (Å²) >= 11 is 5.03. The summed E-state index contributed by atoms with van der Waals surface area (Å²) in [7, 11) is 0. The van der Waals surface area contributed by atoms with Crippen molar-refractivity contribution >= 4 is 16.8 Å². The molecular weight excluding hydrogens is 227 g/mol. The Bertz CT molecular complexity index is 345. The highest BCUT2D eigenvalue weighted by Gasteiger charge is 2.34. The first-order chi connectivity index (χ1) is 6.91. The summed E-state index contributed by atoms with van der Waals surface area (Å²) in [4.78, 5) is 3.38.